The van der Waals surface area contributed by atoms with Crippen LogP contribution in [0.15, 0.2) is 77.7 Å². The smallest absolute Gasteiger partial charge is 0.324 e. The van der Waals surface area contributed by atoms with E-state index in [4.69, 9.17) is 0 Å². The van der Waals surface area contributed by atoms with Crippen molar-refractivity contribution in [3.8, 4) is 0 Å². The SMILES string of the molecule is Cc1ccc(C)c(N(CC(=O)Nc2ccccc2C(F)(F)F)S(=O)(=O)c2ccccc2)c1. The minimum atomic E-state index is -4.67. The Kier molecular flexibility index (Phi) is 6.59. The van der Waals surface area contributed by atoms with E-state index < -0.39 is 39.9 Å². The van der Waals surface area contributed by atoms with Crippen LogP contribution in [-0.2, 0) is 21.0 Å². The molecule has 0 aliphatic rings. The van der Waals surface area contributed by atoms with Gasteiger partial charge < -0.3 is 5.32 Å². The van der Waals surface area contributed by atoms with E-state index in [2.05, 4.69) is 5.32 Å². The van der Waals surface area contributed by atoms with Crippen molar-refractivity contribution in [3.63, 3.8) is 0 Å². The van der Waals surface area contributed by atoms with Crippen LogP contribution in [0.4, 0.5) is 24.5 Å². The molecule has 0 heterocycles. The molecule has 0 radical (unpaired) electrons. The normalized spacial score (nSPS) is 11.8. The van der Waals surface area contributed by atoms with Gasteiger partial charge in [0.05, 0.1) is 21.8 Å². The molecule has 168 valence electrons. The summed E-state index contributed by atoms with van der Waals surface area (Å²) in [6.07, 6.45) is -4.67. The van der Waals surface area contributed by atoms with Gasteiger partial charge in [-0.1, -0.05) is 42.5 Å². The molecular weight excluding hydrogens is 441 g/mol. The van der Waals surface area contributed by atoms with Crippen LogP contribution >= 0.6 is 0 Å². The molecule has 0 atom stereocenters. The van der Waals surface area contributed by atoms with E-state index in [1.165, 1.54) is 24.3 Å². The summed E-state index contributed by atoms with van der Waals surface area (Å²) in [6, 6.07) is 17.2. The van der Waals surface area contributed by atoms with Crippen molar-refractivity contribution in [2.24, 2.45) is 0 Å². The molecule has 32 heavy (non-hydrogen) atoms. The van der Waals surface area contributed by atoms with Gasteiger partial charge >= 0.3 is 6.18 Å². The van der Waals surface area contributed by atoms with Gasteiger partial charge in [0.15, 0.2) is 0 Å². The van der Waals surface area contributed by atoms with Crippen molar-refractivity contribution >= 4 is 27.3 Å². The van der Waals surface area contributed by atoms with Gasteiger partial charge in [0.1, 0.15) is 6.54 Å². The molecule has 5 nitrogen and oxygen atoms in total. The van der Waals surface area contributed by atoms with Gasteiger partial charge in [0, 0.05) is 0 Å². The first kappa shape index (κ1) is 23.3. The average Bonchev–Trinajstić information content (AvgIpc) is 2.74. The highest BCUT2D eigenvalue weighted by Gasteiger charge is 2.34. The lowest BCUT2D eigenvalue weighted by molar-refractivity contribution is -0.137. The van der Waals surface area contributed by atoms with Gasteiger partial charge in [-0.15, -0.1) is 0 Å². The number of alkyl halides is 3. The fourth-order valence-corrected chi connectivity index (χ4v) is 4.67. The number of halogens is 3. The summed E-state index contributed by atoms with van der Waals surface area (Å²) in [4.78, 5) is 12.7. The van der Waals surface area contributed by atoms with Crippen molar-refractivity contribution in [2.45, 2.75) is 24.9 Å². The molecule has 0 saturated carbocycles. The van der Waals surface area contributed by atoms with Crippen LogP contribution in [0.25, 0.3) is 0 Å². The van der Waals surface area contributed by atoms with Crippen LogP contribution in [0.3, 0.4) is 0 Å². The molecule has 0 bridgehead atoms. The highest BCUT2D eigenvalue weighted by atomic mass is 32.2. The number of para-hydroxylation sites is 1. The van der Waals surface area contributed by atoms with Gasteiger partial charge in [0.25, 0.3) is 10.0 Å². The predicted octanol–water partition coefficient (Wildman–Crippen LogP) is 5.16. The molecule has 1 amide bonds. The lowest BCUT2D eigenvalue weighted by atomic mass is 10.1. The molecule has 0 fully saturated rings. The number of hydrogen-bond acceptors (Lipinski definition) is 3. The van der Waals surface area contributed by atoms with Gasteiger partial charge in [-0.2, -0.15) is 13.2 Å². The summed E-state index contributed by atoms with van der Waals surface area (Å²) < 4.78 is 67.5. The number of benzene rings is 3. The fourth-order valence-electron chi connectivity index (χ4n) is 3.17. The Bertz CT molecular complexity index is 1230. The fraction of sp³-hybridized carbons (Fsp3) is 0.174. The number of carbonyl (C=O) groups excluding carboxylic acids is 1. The first-order valence-electron chi connectivity index (χ1n) is 9.61. The van der Waals surface area contributed by atoms with Crippen LogP contribution in [0.2, 0.25) is 0 Å². The summed E-state index contributed by atoms with van der Waals surface area (Å²) >= 11 is 0. The summed E-state index contributed by atoms with van der Waals surface area (Å²) in [5.41, 5.74) is 0.175. The molecule has 9 heteroatoms. The lowest BCUT2D eigenvalue weighted by Gasteiger charge is -2.26. The maximum Gasteiger partial charge on any atom is 0.418 e. The Balaban J connectivity index is 2.01. The molecular formula is C23H21F3N2O3S. The molecule has 3 aromatic carbocycles. The highest BCUT2D eigenvalue weighted by molar-refractivity contribution is 7.92. The molecule has 0 aliphatic carbocycles. The molecule has 0 spiro atoms. The molecule has 3 rings (SSSR count). The summed E-state index contributed by atoms with van der Waals surface area (Å²) in [5.74, 6) is -0.901. The van der Waals surface area contributed by atoms with E-state index in [-0.39, 0.29) is 10.6 Å². The van der Waals surface area contributed by atoms with E-state index in [1.54, 1.807) is 50.2 Å². The number of nitrogens with one attached hydrogen (secondary N) is 1. The molecule has 1 N–H and O–H groups in total. The Hall–Kier alpha value is -3.33. The Morgan fingerprint density at radius 1 is 0.938 bits per heavy atom. The monoisotopic (exact) mass is 462 g/mol. The summed E-state index contributed by atoms with van der Waals surface area (Å²) in [7, 11) is -4.17. The minimum Gasteiger partial charge on any atom is -0.324 e. The second-order valence-electron chi connectivity index (χ2n) is 7.21. The number of anilines is 2. The molecule has 0 saturated heterocycles. The zero-order chi connectivity index (χ0) is 23.5. The number of amides is 1. The van der Waals surface area contributed by atoms with Gasteiger partial charge in [-0.3, -0.25) is 9.10 Å². The second kappa shape index (κ2) is 9.04. The van der Waals surface area contributed by atoms with E-state index >= 15 is 0 Å². The predicted molar refractivity (Wildman–Crippen MR) is 117 cm³/mol. The van der Waals surface area contributed by atoms with Gasteiger partial charge in [0.2, 0.25) is 5.91 Å². The first-order valence-corrected chi connectivity index (χ1v) is 11.1. The van der Waals surface area contributed by atoms with E-state index in [1.807, 2.05) is 0 Å². The topological polar surface area (TPSA) is 66.5 Å². The zero-order valence-electron chi connectivity index (χ0n) is 17.3. The molecule has 0 aliphatic heterocycles. The number of hydrogen-bond donors (Lipinski definition) is 1. The number of rotatable bonds is 6. The molecule has 3 aromatic rings. The zero-order valence-corrected chi connectivity index (χ0v) is 18.2. The van der Waals surface area contributed by atoms with Crippen molar-refractivity contribution < 1.29 is 26.4 Å². The van der Waals surface area contributed by atoms with Crippen LogP contribution in [0, 0.1) is 13.8 Å². The minimum absolute atomic E-state index is 0.0376. The van der Waals surface area contributed by atoms with Crippen molar-refractivity contribution in [1.82, 2.24) is 0 Å². The number of nitrogens with zero attached hydrogens (tertiary/aromatic N) is 1. The van der Waals surface area contributed by atoms with E-state index in [0.29, 0.717) is 5.56 Å². The second-order valence-corrected chi connectivity index (χ2v) is 9.07. The van der Waals surface area contributed by atoms with Crippen LogP contribution in [0.5, 0.6) is 0 Å². The highest BCUT2D eigenvalue weighted by Crippen LogP contribution is 2.35. The third kappa shape index (κ3) is 5.11. The van der Waals surface area contributed by atoms with E-state index in [0.717, 1.165) is 22.0 Å². The third-order valence-electron chi connectivity index (χ3n) is 4.76. The van der Waals surface area contributed by atoms with E-state index in [9.17, 15) is 26.4 Å². The quantitative estimate of drug-likeness (QED) is 0.551. The standard InChI is InChI=1S/C23H21F3N2O3S/c1-16-12-13-17(2)21(14-16)28(32(30,31)18-8-4-3-5-9-18)15-22(29)27-20-11-7-6-10-19(20)23(24,25)26/h3-14H,15H2,1-2H3,(H,27,29). The largest absolute Gasteiger partial charge is 0.418 e. The number of carbonyl (C=O) groups is 1. The van der Waals surface area contributed by atoms with Crippen LogP contribution in [0.1, 0.15) is 16.7 Å². The third-order valence-corrected chi connectivity index (χ3v) is 6.53. The number of sulfonamides is 1. The summed E-state index contributed by atoms with van der Waals surface area (Å²) in [5, 5.41) is 2.21. The molecule has 0 aromatic heterocycles. The van der Waals surface area contributed by atoms with Gasteiger partial charge in [-0.05, 0) is 55.3 Å². The maximum absolute atomic E-state index is 13.4. The Labute approximate surface area is 184 Å². The molecule has 0 unspecified atom stereocenters. The maximum atomic E-state index is 13.4. The van der Waals surface area contributed by atoms with Gasteiger partial charge in [-0.25, -0.2) is 8.42 Å². The Morgan fingerprint density at radius 3 is 2.22 bits per heavy atom. The number of aryl methyl sites for hydroxylation is 2. The lowest BCUT2D eigenvalue weighted by Crippen LogP contribution is -2.38. The van der Waals surface area contributed by atoms with Crippen LogP contribution in [-0.4, -0.2) is 20.9 Å². The summed E-state index contributed by atoms with van der Waals surface area (Å²) in [6.45, 7) is 2.77. The van der Waals surface area contributed by atoms with Crippen molar-refractivity contribution in [1.29, 1.82) is 0 Å². The van der Waals surface area contributed by atoms with Crippen molar-refractivity contribution in [3.05, 3.63) is 89.5 Å². The first-order chi connectivity index (χ1) is 15.0. The average molecular weight is 462 g/mol. The van der Waals surface area contributed by atoms with Crippen LogP contribution < -0.4 is 9.62 Å². The van der Waals surface area contributed by atoms with Crippen molar-refractivity contribution in [2.75, 3.05) is 16.2 Å². The Morgan fingerprint density at radius 2 is 1.56 bits per heavy atom.